The molecule has 0 aromatic heterocycles. The summed E-state index contributed by atoms with van der Waals surface area (Å²) in [6.45, 7) is 5.94. The van der Waals surface area contributed by atoms with E-state index in [4.69, 9.17) is 4.74 Å². The normalized spacial score (nSPS) is 10.9. The number of ether oxygens (including phenoxy) is 1. The number of hydrogen-bond donors (Lipinski definition) is 3. The van der Waals surface area contributed by atoms with Crippen LogP contribution in [0.1, 0.15) is 23.6 Å². The molecule has 0 aliphatic rings. The predicted octanol–water partition coefficient (Wildman–Crippen LogP) is 4.30. The quantitative estimate of drug-likeness (QED) is 0.229. The predicted molar refractivity (Wildman–Crippen MR) is 125 cm³/mol. The minimum absolute atomic E-state index is 0. The minimum Gasteiger partial charge on any atom is -0.508 e. The Bertz CT molecular complexity index is 769. The van der Waals surface area contributed by atoms with Crippen molar-refractivity contribution in [3.63, 3.8) is 0 Å². The Labute approximate surface area is 183 Å². The molecule has 0 amide bonds. The van der Waals surface area contributed by atoms with Gasteiger partial charge in [-0.3, -0.25) is 0 Å². The van der Waals surface area contributed by atoms with Crippen molar-refractivity contribution in [2.45, 2.75) is 31.8 Å². The summed E-state index contributed by atoms with van der Waals surface area (Å²) < 4.78 is 5.21. The van der Waals surface area contributed by atoms with Gasteiger partial charge in [0.25, 0.3) is 0 Å². The Hall–Kier alpha value is -1.61. The van der Waals surface area contributed by atoms with Gasteiger partial charge in [-0.05, 0) is 55.5 Å². The largest absolute Gasteiger partial charge is 0.508 e. The minimum atomic E-state index is 0. The Morgan fingerprint density at radius 1 is 1.15 bits per heavy atom. The summed E-state index contributed by atoms with van der Waals surface area (Å²) in [7, 11) is 1.61. The fraction of sp³-hybridized carbons (Fsp3) is 0.350. The van der Waals surface area contributed by atoms with E-state index in [9.17, 15) is 5.11 Å². The van der Waals surface area contributed by atoms with E-state index in [1.807, 2.05) is 6.92 Å². The number of thioether (sulfide) groups is 1. The molecule has 0 unspecified atom stereocenters. The van der Waals surface area contributed by atoms with Crippen LogP contribution < -0.4 is 15.4 Å². The maximum atomic E-state index is 10.0. The van der Waals surface area contributed by atoms with Crippen molar-refractivity contribution in [3.05, 3.63) is 53.1 Å². The van der Waals surface area contributed by atoms with Gasteiger partial charge in [-0.25, -0.2) is 4.99 Å². The monoisotopic (exact) mass is 501 g/mol. The lowest BCUT2D eigenvalue weighted by Crippen LogP contribution is -2.36. The van der Waals surface area contributed by atoms with Crippen LogP contribution in [0.2, 0.25) is 0 Å². The van der Waals surface area contributed by atoms with Gasteiger partial charge in [-0.15, -0.1) is 35.7 Å². The number of nitrogens with one attached hydrogen (secondary N) is 2. The van der Waals surface area contributed by atoms with Crippen molar-refractivity contribution in [3.8, 4) is 11.5 Å². The second kappa shape index (κ2) is 12.0. The highest BCUT2D eigenvalue weighted by atomic mass is 127. The lowest BCUT2D eigenvalue weighted by Gasteiger charge is -2.14. The van der Waals surface area contributed by atoms with Crippen molar-refractivity contribution in [1.29, 1.82) is 0 Å². The highest BCUT2D eigenvalue weighted by Gasteiger charge is 2.06. The van der Waals surface area contributed by atoms with E-state index in [1.54, 1.807) is 37.1 Å². The number of methoxy groups -OCH3 is 1. The first-order valence-electron chi connectivity index (χ1n) is 8.59. The molecule has 0 aliphatic heterocycles. The van der Waals surface area contributed by atoms with Crippen molar-refractivity contribution in [2.24, 2.45) is 4.99 Å². The standard InChI is InChI=1S/C20H27N3O2S.HI/c1-5-21-20(22-12-15-7-6-14(2)10-19(15)26-4)23-13-16-11-17(25-3)8-9-18(16)24;/h6-11,24H,5,12-13H2,1-4H3,(H2,21,22,23);1H. The number of halogens is 1. The fourth-order valence-electron chi connectivity index (χ4n) is 2.50. The first kappa shape index (κ1) is 23.4. The molecule has 0 bridgehead atoms. The number of phenols is 1. The third kappa shape index (κ3) is 7.14. The molecule has 0 heterocycles. The Kier molecular flexibility index (Phi) is 10.4. The summed E-state index contributed by atoms with van der Waals surface area (Å²) in [4.78, 5) is 5.84. The summed E-state index contributed by atoms with van der Waals surface area (Å²) in [5.74, 6) is 1.63. The maximum Gasteiger partial charge on any atom is 0.191 e. The van der Waals surface area contributed by atoms with Gasteiger partial charge in [0.2, 0.25) is 0 Å². The molecule has 0 aliphatic carbocycles. The van der Waals surface area contributed by atoms with E-state index < -0.39 is 0 Å². The number of rotatable bonds is 7. The van der Waals surface area contributed by atoms with E-state index in [2.05, 4.69) is 47.0 Å². The van der Waals surface area contributed by atoms with E-state index in [-0.39, 0.29) is 29.7 Å². The number of phenolic OH excluding ortho intramolecular Hbond substituents is 1. The van der Waals surface area contributed by atoms with Crippen LogP contribution in [0.15, 0.2) is 46.3 Å². The molecule has 2 rings (SSSR count). The lowest BCUT2D eigenvalue weighted by molar-refractivity contribution is 0.411. The molecule has 2 aromatic carbocycles. The van der Waals surface area contributed by atoms with Gasteiger partial charge in [0.1, 0.15) is 11.5 Å². The number of guanidine groups is 1. The zero-order valence-electron chi connectivity index (χ0n) is 16.2. The molecular weight excluding hydrogens is 473 g/mol. The van der Waals surface area contributed by atoms with Gasteiger partial charge in [0.15, 0.2) is 5.96 Å². The summed E-state index contributed by atoms with van der Waals surface area (Å²) in [6.07, 6.45) is 2.09. The smallest absolute Gasteiger partial charge is 0.191 e. The van der Waals surface area contributed by atoms with Gasteiger partial charge in [-0.2, -0.15) is 0 Å². The summed E-state index contributed by atoms with van der Waals surface area (Å²) in [6, 6.07) is 11.6. The Morgan fingerprint density at radius 3 is 2.59 bits per heavy atom. The number of hydrogen-bond acceptors (Lipinski definition) is 4. The molecule has 7 heteroatoms. The molecule has 27 heavy (non-hydrogen) atoms. The van der Waals surface area contributed by atoms with Gasteiger partial charge in [0, 0.05) is 23.5 Å². The second-order valence-corrected chi connectivity index (χ2v) is 6.71. The number of aryl methyl sites for hydroxylation is 1. The summed E-state index contributed by atoms with van der Waals surface area (Å²) in [5.41, 5.74) is 3.21. The van der Waals surface area contributed by atoms with Crippen LogP contribution in [0.5, 0.6) is 11.5 Å². The lowest BCUT2D eigenvalue weighted by atomic mass is 10.1. The van der Waals surface area contributed by atoms with E-state index >= 15 is 0 Å². The van der Waals surface area contributed by atoms with Crippen molar-refractivity contribution < 1.29 is 9.84 Å². The van der Waals surface area contributed by atoms with Crippen molar-refractivity contribution in [2.75, 3.05) is 19.9 Å². The van der Waals surface area contributed by atoms with E-state index in [1.165, 1.54) is 16.0 Å². The molecule has 5 nitrogen and oxygen atoms in total. The highest BCUT2D eigenvalue weighted by molar-refractivity contribution is 14.0. The average Bonchev–Trinajstić information content (AvgIpc) is 2.65. The van der Waals surface area contributed by atoms with Crippen LogP contribution in [-0.4, -0.2) is 31.0 Å². The zero-order valence-corrected chi connectivity index (χ0v) is 19.4. The van der Waals surface area contributed by atoms with Gasteiger partial charge >= 0.3 is 0 Å². The van der Waals surface area contributed by atoms with Crippen LogP contribution in [-0.2, 0) is 13.1 Å². The number of aliphatic imine (C=N–C) groups is 1. The molecule has 2 aromatic rings. The van der Waals surface area contributed by atoms with Crippen molar-refractivity contribution in [1.82, 2.24) is 10.6 Å². The maximum absolute atomic E-state index is 10.0. The van der Waals surface area contributed by atoms with Gasteiger partial charge in [0.05, 0.1) is 13.7 Å². The first-order valence-corrected chi connectivity index (χ1v) is 9.81. The molecule has 0 radical (unpaired) electrons. The van der Waals surface area contributed by atoms with Gasteiger partial charge < -0.3 is 20.5 Å². The Morgan fingerprint density at radius 2 is 1.93 bits per heavy atom. The summed E-state index contributed by atoms with van der Waals surface area (Å²) in [5, 5.41) is 16.6. The number of aromatic hydroxyl groups is 1. The average molecular weight is 501 g/mol. The van der Waals surface area contributed by atoms with Crippen molar-refractivity contribution >= 4 is 41.7 Å². The first-order chi connectivity index (χ1) is 12.6. The Balaban J connectivity index is 0.00000364. The third-order valence-electron chi connectivity index (χ3n) is 3.93. The number of nitrogens with zero attached hydrogens (tertiary/aromatic N) is 1. The van der Waals surface area contributed by atoms with Crippen LogP contribution in [0.3, 0.4) is 0 Å². The van der Waals surface area contributed by atoms with E-state index in [0.29, 0.717) is 24.8 Å². The summed E-state index contributed by atoms with van der Waals surface area (Å²) >= 11 is 1.74. The molecule has 0 saturated heterocycles. The SMILES string of the molecule is CCNC(=NCc1cc(OC)ccc1O)NCc1ccc(C)cc1SC.I. The fourth-order valence-corrected chi connectivity index (χ4v) is 3.20. The second-order valence-electron chi connectivity index (χ2n) is 5.86. The zero-order chi connectivity index (χ0) is 18.9. The van der Waals surface area contributed by atoms with Crippen LogP contribution in [0, 0.1) is 6.92 Å². The van der Waals surface area contributed by atoms with Crippen LogP contribution in [0.4, 0.5) is 0 Å². The number of benzene rings is 2. The third-order valence-corrected chi connectivity index (χ3v) is 4.75. The van der Waals surface area contributed by atoms with Crippen LogP contribution >= 0.6 is 35.7 Å². The molecular formula is C20H28IN3O2S. The molecule has 0 fully saturated rings. The van der Waals surface area contributed by atoms with Crippen LogP contribution in [0.25, 0.3) is 0 Å². The molecule has 0 spiro atoms. The highest BCUT2D eigenvalue weighted by Crippen LogP contribution is 2.24. The van der Waals surface area contributed by atoms with Gasteiger partial charge in [-0.1, -0.05) is 12.1 Å². The molecule has 0 saturated carbocycles. The topological polar surface area (TPSA) is 65.9 Å². The molecule has 0 atom stereocenters. The van der Waals surface area contributed by atoms with E-state index in [0.717, 1.165) is 12.1 Å². The molecule has 3 N–H and O–H groups in total. The molecule has 148 valence electrons.